The number of furan rings is 1. The fourth-order valence-corrected chi connectivity index (χ4v) is 17.5. The fraction of sp³-hybridized carbons (Fsp3) is 0.0182. The van der Waals surface area contributed by atoms with E-state index >= 15 is 0 Å². The molecule has 2 nitrogen and oxygen atoms in total. The maximum Gasteiger partial charge on any atom is 0.182 e. The third-order valence-corrected chi connectivity index (χ3v) is 18.8. The van der Waals surface area contributed by atoms with Crippen LogP contribution in [0.3, 0.4) is 0 Å². The molecule has 1 aliphatic carbocycles. The van der Waals surface area contributed by atoms with Crippen LogP contribution in [0.15, 0.2) is 205 Å². The fourth-order valence-electron chi connectivity index (χ4n) is 11.8. The molecule has 4 aliphatic rings. The van der Waals surface area contributed by atoms with Crippen LogP contribution < -0.4 is 25.6 Å². The maximum absolute atomic E-state index is 6.54. The molecular weight excluding hydrogens is 719 g/mol. The second kappa shape index (κ2) is 10.8. The molecule has 4 heterocycles. The first-order chi connectivity index (χ1) is 28.8. The van der Waals surface area contributed by atoms with Crippen molar-refractivity contribution in [1.82, 2.24) is 0 Å². The predicted molar refractivity (Wildman–Crippen MR) is 241 cm³/mol. The van der Waals surface area contributed by atoms with Gasteiger partial charge in [0.2, 0.25) is 0 Å². The summed E-state index contributed by atoms with van der Waals surface area (Å²) < 4.78 is 6.54. The van der Waals surface area contributed by atoms with Crippen molar-refractivity contribution in [1.29, 1.82) is 0 Å². The molecule has 0 radical (unpaired) electrons. The van der Waals surface area contributed by atoms with Gasteiger partial charge in [0.15, 0.2) is 8.07 Å². The highest BCUT2D eigenvalue weighted by molar-refractivity contribution is 7.24. The largest absolute Gasteiger partial charge is 0.456 e. The first-order valence-electron chi connectivity index (χ1n) is 20.3. The molecule has 1 atom stereocenters. The van der Waals surface area contributed by atoms with E-state index in [0.717, 1.165) is 11.2 Å². The molecular formula is C55H33NOSi. The third kappa shape index (κ3) is 3.49. The molecule has 9 aromatic carbocycles. The van der Waals surface area contributed by atoms with Crippen LogP contribution in [0.2, 0.25) is 0 Å². The maximum atomic E-state index is 6.54. The Morgan fingerprint density at radius 2 is 0.845 bits per heavy atom. The van der Waals surface area contributed by atoms with Gasteiger partial charge in [-0.05, 0) is 119 Å². The molecule has 14 rings (SSSR count). The second-order valence-corrected chi connectivity index (χ2v) is 19.9. The summed E-state index contributed by atoms with van der Waals surface area (Å²) in [6.07, 6.45) is 0. The van der Waals surface area contributed by atoms with Crippen molar-refractivity contribution >= 4 is 67.8 Å². The molecule has 3 aliphatic heterocycles. The summed E-state index contributed by atoms with van der Waals surface area (Å²) in [4.78, 5) is 2.55. The smallest absolute Gasteiger partial charge is 0.182 e. The molecule has 0 amide bonds. The highest BCUT2D eigenvalue weighted by Crippen LogP contribution is 2.63. The molecule has 0 saturated heterocycles. The zero-order valence-corrected chi connectivity index (χ0v) is 32.4. The standard InChI is InChI=1S/C55H33NOSi/c1-6-20-43-35(15-1)36-16-2-7-21-44(36)55(43)45-22-8-10-24-47(45)56(48-25-11-9-23-46(48)55)34-29-30-40-38-18-4-13-27-51(38)58(53(40)31-34)52-28-14-5-19-39(52)42-32-50-41(33-54(42)58)37-17-3-12-26-49(37)57-50/h1-33H. The quantitative estimate of drug-likeness (QED) is 0.155. The van der Waals surface area contributed by atoms with Gasteiger partial charge < -0.3 is 9.32 Å². The minimum atomic E-state index is -2.80. The van der Waals surface area contributed by atoms with Crippen LogP contribution in [0.5, 0.6) is 0 Å². The Labute approximate surface area is 336 Å². The highest BCUT2D eigenvalue weighted by atomic mass is 28.3. The second-order valence-electron chi connectivity index (χ2n) is 16.3. The van der Waals surface area contributed by atoms with E-state index in [2.05, 4.69) is 205 Å². The Balaban J connectivity index is 1.07. The topological polar surface area (TPSA) is 16.4 Å². The van der Waals surface area contributed by atoms with Crippen molar-refractivity contribution in [3.63, 3.8) is 0 Å². The van der Waals surface area contributed by atoms with Gasteiger partial charge in [0.25, 0.3) is 0 Å². The summed E-state index contributed by atoms with van der Waals surface area (Å²) in [6.45, 7) is 0. The first-order valence-corrected chi connectivity index (χ1v) is 22.3. The molecule has 1 unspecified atom stereocenters. The Hall–Kier alpha value is -7.20. The Morgan fingerprint density at radius 1 is 0.345 bits per heavy atom. The summed E-state index contributed by atoms with van der Waals surface area (Å²) in [5.41, 5.74) is 18.4. The van der Waals surface area contributed by atoms with Gasteiger partial charge in [0, 0.05) is 16.5 Å². The number of anilines is 3. The molecule has 58 heavy (non-hydrogen) atoms. The van der Waals surface area contributed by atoms with Crippen LogP contribution in [0, 0.1) is 0 Å². The van der Waals surface area contributed by atoms with Crippen LogP contribution in [0.25, 0.3) is 55.3 Å². The molecule has 10 aromatic rings. The molecule has 0 fully saturated rings. The summed E-state index contributed by atoms with van der Waals surface area (Å²) in [5.74, 6) is 0. The molecule has 1 aromatic heterocycles. The minimum Gasteiger partial charge on any atom is -0.456 e. The number of hydrogen-bond donors (Lipinski definition) is 0. The van der Waals surface area contributed by atoms with E-state index < -0.39 is 13.5 Å². The minimum absolute atomic E-state index is 0.443. The van der Waals surface area contributed by atoms with Crippen LogP contribution >= 0.6 is 0 Å². The van der Waals surface area contributed by atoms with Gasteiger partial charge in [-0.2, -0.15) is 0 Å². The molecule has 0 saturated carbocycles. The van der Waals surface area contributed by atoms with E-state index in [-0.39, 0.29) is 0 Å². The summed E-state index contributed by atoms with van der Waals surface area (Å²) in [7, 11) is -2.80. The van der Waals surface area contributed by atoms with Gasteiger partial charge in [-0.1, -0.05) is 158 Å². The molecule has 0 bridgehead atoms. The van der Waals surface area contributed by atoms with E-state index in [1.165, 1.54) is 104 Å². The Bertz CT molecular complexity index is 3350. The van der Waals surface area contributed by atoms with E-state index in [4.69, 9.17) is 4.42 Å². The predicted octanol–water partition coefficient (Wildman–Crippen LogP) is 11.1. The third-order valence-electron chi connectivity index (χ3n) is 13.9. The zero-order chi connectivity index (χ0) is 37.7. The van der Waals surface area contributed by atoms with Gasteiger partial charge >= 0.3 is 0 Å². The molecule has 268 valence electrons. The van der Waals surface area contributed by atoms with Crippen molar-refractivity contribution in [3.8, 4) is 33.4 Å². The van der Waals surface area contributed by atoms with Crippen LogP contribution in [0.4, 0.5) is 17.1 Å². The lowest BCUT2D eigenvalue weighted by atomic mass is 9.64. The average Bonchev–Trinajstić information content (AvgIpc) is 3.98. The van der Waals surface area contributed by atoms with Crippen molar-refractivity contribution in [2.75, 3.05) is 4.90 Å². The van der Waals surface area contributed by atoms with E-state index in [1.54, 1.807) is 0 Å². The zero-order valence-electron chi connectivity index (χ0n) is 31.4. The van der Waals surface area contributed by atoms with E-state index in [0.29, 0.717) is 0 Å². The summed E-state index contributed by atoms with van der Waals surface area (Å²) >= 11 is 0. The van der Waals surface area contributed by atoms with Gasteiger partial charge in [-0.15, -0.1) is 0 Å². The first kappa shape index (κ1) is 30.9. The molecule has 2 spiro atoms. The highest BCUT2D eigenvalue weighted by Gasteiger charge is 2.55. The Morgan fingerprint density at radius 3 is 1.52 bits per heavy atom. The van der Waals surface area contributed by atoms with Crippen molar-refractivity contribution < 1.29 is 4.42 Å². The van der Waals surface area contributed by atoms with Gasteiger partial charge in [-0.3, -0.25) is 0 Å². The summed E-state index contributed by atoms with van der Waals surface area (Å²) in [6, 6.07) is 75.6. The van der Waals surface area contributed by atoms with Crippen LogP contribution in [0.1, 0.15) is 22.3 Å². The molecule has 3 heteroatoms. The lowest BCUT2D eigenvalue weighted by Crippen LogP contribution is -2.70. The number of hydrogen-bond acceptors (Lipinski definition) is 2. The van der Waals surface area contributed by atoms with Crippen molar-refractivity contribution in [2.45, 2.75) is 5.41 Å². The van der Waals surface area contributed by atoms with Gasteiger partial charge in [0.05, 0.1) is 16.8 Å². The normalized spacial score (nSPS) is 16.8. The van der Waals surface area contributed by atoms with Crippen molar-refractivity contribution in [3.05, 3.63) is 222 Å². The van der Waals surface area contributed by atoms with E-state index in [9.17, 15) is 0 Å². The number of para-hydroxylation sites is 3. The number of benzene rings is 9. The van der Waals surface area contributed by atoms with Crippen molar-refractivity contribution in [2.24, 2.45) is 0 Å². The Kier molecular flexibility index (Phi) is 5.76. The van der Waals surface area contributed by atoms with Gasteiger partial charge in [0.1, 0.15) is 11.2 Å². The SMILES string of the molecule is c1ccc2c(c1)-c1ccccc1C21c2ccccc2N(c2ccc3c(c2)[Si]2(c4ccccc4-3)c3ccccc3-c3cc4oc5ccccc5c4cc32)c2ccccc21. The number of fused-ring (bicyclic) bond motifs is 22. The molecule has 0 N–H and O–H groups in total. The number of nitrogens with zero attached hydrogens (tertiary/aromatic N) is 1. The average molecular weight is 752 g/mol. The van der Waals surface area contributed by atoms with Gasteiger partial charge in [-0.25, -0.2) is 0 Å². The monoisotopic (exact) mass is 751 g/mol. The lowest BCUT2D eigenvalue weighted by Gasteiger charge is -2.45. The number of rotatable bonds is 1. The van der Waals surface area contributed by atoms with E-state index in [1.807, 2.05) is 0 Å². The lowest BCUT2D eigenvalue weighted by molar-refractivity contribution is 0.669. The van der Waals surface area contributed by atoms with Crippen LogP contribution in [-0.2, 0) is 5.41 Å². The summed E-state index contributed by atoms with van der Waals surface area (Å²) in [5, 5.41) is 8.20. The van der Waals surface area contributed by atoms with Crippen LogP contribution in [-0.4, -0.2) is 8.07 Å².